The number of carbonyl (C=O) groups excluding carboxylic acids is 2. The number of sulfonamides is 1. The first kappa shape index (κ1) is 23.1. The molecule has 1 aliphatic rings. The maximum absolute atomic E-state index is 12.9. The number of nitrogens with one attached hydrogen (secondary N) is 1. The molecule has 1 saturated heterocycles. The van der Waals surface area contributed by atoms with Gasteiger partial charge in [0.05, 0.1) is 22.2 Å². The number of carbonyl (C=O) groups is 2. The second kappa shape index (κ2) is 10.2. The predicted octanol–water partition coefficient (Wildman–Crippen LogP) is 2.98. The topological polar surface area (TPSA) is 96.0 Å². The summed E-state index contributed by atoms with van der Waals surface area (Å²) < 4.78 is 33.1. The largest absolute Gasteiger partial charge is 0.455 e. The number of anilines is 1. The van der Waals surface area contributed by atoms with Crippen molar-refractivity contribution in [2.45, 2.75) is 18.7 Å². The summed E-state index contributed by atoms with van der Waals surface area (Å²) in [5.74, 6) is 1.14. The molecule has 2 aromatic rings. The van der Waals surface area contributed by atoms with Crippen LogP contribution in [0.2, 0.25) is 0 Å². The van der Waals surface area contributed by atoms with Crippen LogP contribution in [-0.2, 0) is 19.6 Å². The van der Waals surface area contributed by atoms with Gasteiger partial charge in [0.15, 0.2) is 5.75 Å². The van der Waals surface area contributed by atoms with Crippen LogP contribution < -0.4 is 10.1 Å². The molecule has 10 heteroatoms. The number of para-hydroxylation sites is 1. The molecule has 2 aromatic carbocycles. The van der Waals surface area contributed by atoms with Gasteiger partial charge < -0.3 is 15.0 Å². The van der Waals surface area contributed by atoms with Crippen molar-refractivity contribution in [2.75, 3.05) is 36.6 Å². The van der Waals surface area contributed by atoms with Gasteiger partial charge in [-0.15, -0.1) is 11.8 Å². The average molecular weight is 464 g/mol. The van der Waals surface area contributed by atoms with Crippen molar-refractivity contribution < 1.29 is 22.7 Å². The Labute approximate surface area is 186 Å². The van der Waals surface area contributed by atoms with E-state index in [4.69, 9.17) is 4.74 Å². The SMILES string of the molecule is CCN(CC)S(=O)(=O)c1ccc(Oc2ccccc2)c(NC(=O)CN2CSCC2=O)c1. The third-order valence-electron chi connectivity index (χ3n) is 4.70. The highest BCUT2D eigenvalue weighted by Crippen LogP contribution is 2.33. The average Bonchev–Trinajstić information content (AvgIpc) is 3.15. The molecule has 0 aromatic heterocycles. The van der Waals surface area contributed by atoms with Gasteiger partial charge in [-0.3, -0.25) is 9.59 Å². The number of thioether (sulfide) groups is 1. The third-order valence-corrected chi connectivity index (χ3v) is 7.69. The molecular formula is C21H25N3O5S2. The molecule has 3 rings (SSSR count). The van der Waals surface area contributed by atoms with Crippen molar-refractivity contribution in [2.24, 2.45) is 0 Å². The molecule has 1 aliphatic heterocycles. The highest BCUT2D eigenvalue weighted by molar-refractivity contribution is 8.00. The first-order valence-electron chi connectivity index (χ1n) is 9.87. The van der Waals surface area contributed by atoms with Crippen molar-refractivity contribution >= 4 is 39.3 Å². The van der Waals surface area contributed by atoms with Gasteiger partial charge in [0.2, 0.25) is 21.8 Å². The Balaban J connectivity index is 1.91. The molecule has 166 valence electrons. The zero-order chi connectivity index (χ0) is 22.4. The van der Waals surface area contributed by atoms with E-state index >= 15 is 0 Å². The van der Waals surface area contributed by atoms with Crippen LogP contribution in [0.4, 0.5) is 5.69 Å². The van der Waals surface area contributed by atoms with E-state index in [1.807, 2.05) is 18.2 Å². The second-order valence-corrected chi connectivity index (χ2v) is 9.67. The van der Waals surface area contributed by atoms with E-state index in [2.05, 4.69) is 5.32 Å². The molecule has 1 fully saturated rings. The summed E-state index contributed by atoms with van der Waals surface area (Å²) >= 11 is 1.44. The van der Waals surface area contributed by atoms with Crippen LogP contribution in [0, 0.1) is 0 Å². The fourth-order valence-corrected chi connectivity index (χ4v) is 5.48. The van der Waals surface area contributed by atoms with E-state index in [0.717, 1.165) is 0 Å². The number of rotatable bonds is 9. The van der Waals surface area contributed by atoms with Gasteiger partial charge in [-0.1, -0.05) is 32.0 Å². The van der Waals surface area contributed by atoms with E-state index in [9.17, 15) is 18.0 Å². The Morgan fingerprint density at radius 2 is 1.87 bits per heavy atom. The van der Waals surface area contributed by atoms with Crippen LogP contribution in [0.3, 0.4) is 0 Å². The lowest BCUT2D eigenvalue weighted by Gasteiger charge is -2.20. The van der Waals surface area contributed by atoms with E-state index < -0.39 is 15.9 Å². The standard InChI is InChI=1S/C21H25N3O5S2/c1-3-24(4-2)31(27,28)17-10-11-19(29-16-8-6-5-7-9-16)18(12-17)22-20(25)13-23-15-30-14-21(23)26/h5-12H,3-4,13-15H2,1-2H3,(H,22,25). The molecule has 8 nitrogen and oxygen atoms in total. The summed E-state index contributed by atoms with van der Waals surface area (Å²) in [6, 6.07) is 13.4. The quantitative estimate of drug-likeness (QED) is 0.614. The molecule has 31 heavy (non-hydrogen) atoms. The lowest BCUT2D eigenvalue weighted by Crippen LogP contribution is -2.34. The van der Waals surface area contributed by atoms with Crippen LogP contribution in [0.15, 0.2) is 53.4 Å². The number of ether oxygens (including phenoxy) is 1. The predicted molar refractivity (Wildman–Crippen MR) is 121 cm³/mol. The van der Waals surface area contributed by atoms with E-state index in [1.165, 1.54) is 39.2 Å². The molecule has 1 N–H and O–H groups in total. The van der Waals surface area contributed by atoms with E-state index in [0.29, 0.717) is 36.2 Å². The van der Waals surface area contributed by atoms with Gasteiger partial charge in [-0.25, -0.2) is 8.42 Å². The molecule has 0 bridgehead atoms. The van der Waals surface area contributed by atoms with Crippen molar-refractivity contribution in [3.05, 3.63) is 48.5 Å². The summed E-state index contributed by atoms with van der Waals surface area (Å²) in [5.41, 5.74) is 0.224. The fourth-order valence-electron chi connectivity index (χ4n) is 3.09. The molecule has 0 saturated carbocycles. The first-order chi connectivity index (χ1) is 14.8. The Bertz CT molecular complexity index is 1040. The Kier molecular flexibility index (Phi) is 7.58. The van der Waals surface area contributed by atoms with Crippen LogP contribution in [-0.4, -0.2) is 60.7 Å². The number of amides is 2. The van der Waals surface area contributed by atoms with Crippen LogP contribution in [0.1, 0.15) is 13.8 Å². The number of hydrogen-bond donors (Lipinski definition) is 1. The third kappa shape index (κ3) is 5.57. The minimum absolute atomic E-state index is 0.0553. The molecule has 0 aliphatic carbocycles. The molecule has 0 unspecified atom stereocenters. The fraction of sp³-hybridized carbons (Fsp3) is 0.333. The minimum Gasteiger partial charge on any atom is -0.455 e. The maximum Gasteiger partial charge on any atom is 0.244 e. The zero-order valence-electron chi connectivity index (χ0n) is 17.4. The highest BCUT2D eigenvalue weighted by Gasteiger charge is 2.25. The summed E-state index contributed by atoms with van der Waals surface area (Å²) in [7, 11) is -3.72. The summed E-state index contributed by atoms with van der Waals surface area (Å²) in [5, 5.41) is 2.72. The molecule has 2 amide bonds. The summed E-state index contributed by atoms with van der Waals surface area (Å²) in [4.78, 5) is 25.9. The number of benzene rings is 2. The van der Waals surface area contributed by atoms with E-state index in [-0.39, 0.29) is 23.0 Å². The molecule has 0 radical (unpaired) electrons. The Hall–Kier alpha value is -2.56. The van der Waals surface area contributed by atoms with Crippen molar-refractivity contribution in [3.63, 3.8) is 0 Å². The smallest absolute Gasteiger partial charge is 0.244 e. The van der Waals surface area contributed by atoms with E-state index in [1.54, 1.807) is 26.0 Å². The van der Waals surface area contributed by atoms with Gasteiger partial charge in [-0.2, -0.15) is 4.31 Å². The molecule has 0 atom stereocenters. The number of hydrogen-bond acceptors (Lipinski definition) is 6. The van der Waals surface area contributed by atoms with Gasteiger partial charge in [0.1, 0.15) is 12.3 Å². The monoisotopic (exact) mass is 463 g/mol. The highest BCUT2D eigenvalue weighted by atomic mass is 32.2. The maximum atomic E-state index is 12.9. The van der Waals surface area contributed by atoms with Gasteiger partial charge >= 0.3 is 0 Å². The molecule has 0 spiro atoms. The lowest BCUT2D eigenvalue weighted by molar-refractivity contribution is -0.130. The Morgan fingerprint density at radius 1 is 1.16 bits per heavy atom. The van der Waals surface area contributed by atoms with Crippen LogP contribution >= 0.6 is 11.8 Å². The zero-order valence-corrected chi connectivity index (χ0v) is 19.0. The van der Waals surface area contributed by atoms with Gasteiger partial charge in [-0.05, 0) is 30.3 Å². The summed E-state index contributed by atoms with van der Waals surface area (Å²) in [6.07, 6.45) is 0. The first-order valence-corrected chi connectivity index (χ1v) is 12.5. The number of nitrogens with zero attached hydrogens (tertiary/aromatic N) is 2. The van der Waals surface area contributed by atoms with Crippen molar-refractivity contribution in [1.29, 1.82) is 0 Å². The summed E-state index contributed by atoms with van der Waals surface area (Å²) in [6.45, 7) is 4.09. The van der Waals surface area contributed by atoms with Gasteiger partial charge in [0, 0.05) is 13.1 Å². The van der Waals surface area contributed by atoms with Crippen molar-refractivity contribution in [1.82, 2.24) is 9.21 Å². The molecular weight excluding hydrogens is 438 g/mol. The molecule has 1 heterocycles. The minimum atomic E-state index is -3.72. The normalized spacial score (nSPS) is 14.2. The van der Waals surface area contributed by atoms with Crippen LogP contribution in [0.25, 0.3) is 0 Å². The van der Waals surface area contributed by atoms with Gasteiger partial charge in [0.25, 0.3) is 0 Å². The Morgan fingerprint density at radius 3 is 2.48 bits per heavy atom. The second-order valence-electron chi connectivity index (χ2n) is 6.78. The lowest BCUT2D eigenvalue weighted by atomic mass is 10.2. The van der Waals surface area contributed by atoms with Crippen molar-refractivity contribution in [3.8, 4) is 11.5 Å². The van der Waals surface area contributed by atoms with Crippen LogP contribution in [0.5, 0.6) is 11.5 Å².